The van der Waals surface area contributed by atoms with Crippen molar-refractivity contribution in [2.45, 2.75) is 31.7 Å². The van der Waals surface area contributed by atoms with E-state index in [0.29, 0.717) is 5.56 Å². The number of hydrogen-bond donors (Lipinski definition) is 1. The van der Waals surface area contributed by atoms with Gasteiger partial charge in [-0.25, -0.2) is 17.8 Å². The lowest BCUT2D eigenvalue weighted by molar-refractivity contribution is -0.387. The van der Waals surface area contributed by atoms with Crippen LogP contribution in [0.3, 0.4) is 0 Å². The van der Waals surface area contributed by atoms with E-state index < -0.39 is 26.7 Å². The zero-order chi connectivity index (χ0) is 20.5. The Balaban J connectivity index is 1.91. The molecule has 0 spiro atoms. The SMILES string of the molecule is Cc1ccc(-n2ncc([C@@H](C)NS(=O)(=O)c3ccccc3[N+](=O)[O-])c2C)cc1. The van der Waals surface area contributed by atoms with E-state index in [-0.39, 0.29) is 4.90 Å². The first-order valence-electron chi connectivity index (χ1n) is 8.58. The van der Waals surface area contributed by atoms with Crippen molar-refractivity contribution in [3.05, 3.63) is 81.7 Å². The lowest BCUT2D eigenvalue weighted by Crippen LogP contribution is -2.27. The van der Waals surface area contributed by atoms with E-state index in [1.807, 2.05) is 38.1 Å². The molecule has 0 radical (unpaired) electrons. The molecule has 3 rings (SSSR count). The number of aromatic nitrogens is 2. The monoisotopic (exact) mass is 400 g/mol. The quantitative estimate of drug-likeness (QED) is 0.504. The highest BCUT2D eigenvalue weighted by Gasteiger charge is 2.28. The Kier molecular flexibility index (Phi) is 5.30. The Hall–Kier alpha value is -3.04. The molecule has 0 fully saturated rings. The van der Waals surface area contributed by atoms with E-state index in [4.69, 9.17) is 0 Å². The third-order valence-corrected chi connectivity index (χ3v) is 6.06. The molecule has 1 N–H and O–H groups in total. The zero-order valence-corrected chi connectivity index (χ0v) is 16.5. The van der Waals surface area contributed by atoms with Crippen molar-refractivity contribution >= 4 is 15.7 Å². The highest BCUT2D eigenvalue weighted by atomic mass is 32.2. The van der Waals surface area contributed by atoms with Gasteiger partial charge in [-0.3, -0.25) is 10.1 Å². The molecule has 0 aliphatic heterocycles. The summed E-state index contributed by atoms with van der Waals surface area (Å²) in [5, 5.41) is 15.5. The summed E-state index contributed by atoms with van der Waals surface area (Å²) in [6.45, 7) is 5.51. The summed E-state index contributed by atoms with van der Waals surface area (Å²) in [5.41, 5.74) is 2.99. The smallest absolute Gasteiger partial charge is 0.258 e. The van der Waals surface area contributed by atoms with Crippen LogP contribution in [-0.2, 0) is 10.0 Å². The van der Waals surface area contributed by atoms with Crippen LogP contribution in [0.4, 0.5) is 5.69 Å². The molecule has 1 heterocycles. The summed E-state index contributed by atoms with van der Waals surface area (Å²) in [5.74, 6) is 0. The number of hydrogen-bond acceptors (Lipinski definition) is 5. The molecule has 146 valence electrons. The molecule has 28 heavy (non-hydrogen) atoms. The number of nitro groups is 1. The van der Waals surface area contributed by atoms with Gasteiger partial charge < -0.3 is 0 Å². The molecule has 0 bridgehead atoms. The third kappa shape index (κ3) is 3.80. The predicted octanol–water partition coefficient (Wildman–Crippen LogP) is 3.44. The van der Waals surface area contributed by atoms with E-state index in [1.165, 1.54) is 24.3 Å². The predicted molar refractivity (Wildman–Crippen MR) is 105 cm³/mol. The minimum atomic E-state index is -4.09. The zero-order valence-electron chi connectivity index (χ0n) is 15.7. The summed E-state index contributed by atoms with van der Waals surface area (Å²) in [4.78, 5) is 10.1. The Morgan fingerprint density at radius 2 is 1.75 bits per heavy atom. The second kappa shape index (κ2) is 7.53. The number of aryl methyl sites for hydroxylation is 1. The lowest BCUT2D eigenvalue weighted by Gasteiger charge is -2.14. The van der Waals surface area contributed by atoms with E-state index in [9.17, 15) is 18.5 Å². The maximum Gasteiger partial charge on any atom is 0.289 e. The normalized spacial score (nSPS) is 12.7. The number of benzene rings is 2. The Morgan fingerprint density at radius 3 is 2.39 bits per heavy atom. The number of nitrogens with zero attached hydrogens (tertiary/aromatic N) is 3. The van der Waals surface area contributed by atoms with Crippen LogP contribution in [0.1, 0.15) is 29.8 Å². The first-order valence-corrected chi connectivity index (χ1v) is 10.1. The second-order valence-electron chi connectivity index (χ2n) is 6.50. The van der Waals surface area contributed by atoms with Crippen LogP contribution in [0.25, 0.3) is 5.69 Å². The summed E-state index contributed by atoms with van der Waals surface area (Å²) in [6.07, 6.45) is 1.60. The van der Waals surface area contributed by atoms with Gasteiger partial charge in [-0.05, 0) is 39.0 Å². The van der Waals surface area contributed by atoms with Crippen molar-refractivity contribution in [3.8, 4) is 5.69 Å². The van der Waals surface area contributed by atoms with Crippen molar-refractivity contribution in [3.63, 3.8) is 0 Å². The van der Waals surface area contributed by atoms with Crippen molar-refractivity contribution in [2.75, 3.05) is 0 Å². The van der Waals surface area contributed by atoms with Gasteiger partial charge in [-0.15, -0.1) is 0 Å². The minimum absolute atomic E-state index is 0.365. The van der Waals surface area contributed by atoms with Crippen molar-refractivity contribution in [1.29, 1.82) is 0 Å². The van der Waals surface area contributed by atoms with Gasteiger partial charge in [0.05, 0.1) is 16.8 Å². The third-order valence-electron chi connectivity index (χ3n) is 4.48. The fraction of sp³-hybridized carbons (Fsp3) is 0.211. The summed E-state index contributed by atoms with van der Waals surface area (Å²) in [7, 11) is -4.09. The first-order chi connectivity index (χ1) is 13.2. The van der Waals surface area contributed by atoms with Crippen LogP contribution >= 0.6 is 0 Å². The van der Waals surface area contributed by atoms with Gasteiger partial charge in [0, 0.05) is 23.4 Å². The average Bonchev–Trinajstić information content (AvgIpc) is 3.03. The molecule has 1 aromatic heterocycles. The van der Waals surface area contributed by atoms with Crippen LogP contribution < -0.4 is 4.72 Å². The molecule has 1 atom stereocenters. The highest BCUT2D eigenvalue weighted by Crippen LogP contribution is 2.26. The number of nitro benzene ring substituents is 1. The van der Waals surface area contributed by atoms with Gasteiger partial charge in [0.1, 0.15) is 0 Å². The molecular formula is C19H20N4O4S. The first kappa shape index (κ1) is 19.7. The molecule has 0 aliphatic rings. The molecular weight excluding hydrogens is 380 g/mol. The molecule has 9 heteroatoms. The number of sulfonamides is 1. The van der Waals surface area contributed by atoms with Crippen molar-refractivity contribution in [1.82, 2.24) is 14.5 Å². The topological polar surface area (TPSA) is 107 Å². The fourth-order valence-corrected chi connectivity index (χ4v) is 4.38. The molecule has 3 aromatic rings. The minimum Gasteiger partial charge on any atom is -0.258 e. The molecule has 2 aromatic carbocycles. The number of rotatable bonds is 6. The highest BCUT2D eigenvalue weighted by molar-refractivity contribution is 7.89. The average molecular weight is 400 g/mol. The Labute approximate surface area is 163 Å². The molecule has 0 aliphatic carbocycles. The number of nitrogens with one attached hydrogen (secondary N) is 1. The van der Waals surface area contributed by atoms with Gasteiger partial charge >= 0.3 is 0 Å². The van der Waals surface area contributed by atoms with Gasteiger partial charge in [0.2, 0.25) is 10.0 Å². The molecule has 0 unspecified atom stereocenters. The van der Waals surface area contributed by atoms with Crippen LogP contribution in [0, 0.1) is 24.0 Å². The fourth-order valence-electron chi connectivity index (χ4n) is 2.99. The Morgan fingerprint density at radius 1 is 1.11 bits per heavy atom. The Bertz CT molecular complexity index is 1120. The van der Waals surface area contributed by atoms with Gasteiger partial charge in [-0.1, -0.05) is 29.8 Å². The molecule has 0 saturated heterocycles. The van der Waals surface area contributed by atoms with Gasteiger partial charge in [-0.2, -0.15) is 5.10 Å². The van der Waals surface area contributed by atoms with Crippen LogP contribution in [0.15, 0.2) is 59.6 Å². The molecule has 8 nitrogen and oxygen atoms in total. The summed E-state index contributed by atoms with van der Waals surface area (Å²) in [6, 6.07) is 12.4. The van der Waals surface area contributed by atoms with Crippen molar-refractivity contribution < 1.29 is 13.3 Å². The largest absolute Gasteiger partial charge is 0.289 e. The second-order valence-corrected chi connectivity index (χ2v) is 8.18. The van der Waals surface area contributed by atoms with Crippen LogP contribution in [-0.4, -0.2) is 23.1 Å². The van der Waals surface area contributed by atoms with Gasteiger partial charge in [0.25, 0.3) is 5.69 Å². The maximum atomic E-state index is 12.7. The van der Waals surface area contributed by atoms with Gasteiger partial charge in [0.15, 0.2) is 4.90 Å². The van der Waals surface area contributed by atoms with E-state index in [0.717, 1.165) is 16.9 Å². The van der Waals surface area contributed by atoms with E-state index in [2.05, 4.69) is 9.82 Å². The summed E-state index contributed by atoms with van der Waals surface area (Å²) < 4.78 is 29.7. The van der Waals surface area contributed by atoms with Crippen molar-refractivity contribution in [2.24, 2.45) is 0 Å². The van der Waals surface area contributed by atoms with Crippen LogP contribution in [0.5, 0.6) is 0 Å². The maximum absolute atomic E-state index is 12.7. The molecule has 0 amide bonds. The van der Waals surface area contributed by atoms with E-state index in [1.54, 1.807) is 17.8 Å². The lowest BCUT2D eigenvalue weighted by atomic mass is 10.1. The molecule has 0 saturated carbocycles. The van der Waals surface area contributed by atoms with E-state index >= 15 is 0 Å². The van der Waals surface area contributed by atoms with Crippen LogP contribution in [0.2, 0.25) is 0 Å². The standard InChI is InChI=1S/C19H20N4O4S/c1-13-8-10-16(11-9-13)22-15(3)17(12-20-22)14(2)21-28(26,27)19-7-5-4-6-18(19)23(24)25/h4-12,14,21H,1-3H3/t14-/m1/s1. The summed E-state index contributed by atoms with van der Waals surface area (Å²) >= 11 is 0. The number of para-hydroxylation sites is 1.